The highest BCUT2D eigenvalue weighted by Gasteiger charge is 2.34. The van der Waals surface area contributed by atoms with E-state index < -0.39 is 17.4 Å². The fraction of sp³-hybridized carbons (Fsp3) is 0.250. The standard InChI is InChI=1S/C20H20FN3O2/c1-20(2,3)18(19(25)26)24-12-16(13-8-10-22-11-9-13)17(23-24)14-4-6-15(21)7-5-14/h4-12,18H,1-3H3,(H,25,26). The number of pyridine rings is 1. The molecule has 0 saturated heterocycles. The molecule has 1 atom stereocenters. The van der Waals surface area contributed by atoms with Gasteiger partial charge in [-0.2, -0.15) is 5.10 Å². The molecule has 1 unspecified atom stereocenters. The van der Waals surface area contributed by atoms with Gasteiger partial charge in [0.1, 0.15) is 11.5 Å². The summed E-state index contributed by atoms with van der Waals surface area (Å²) in [7, 11) is 0. The lowest BCUT2D eigenvalue weighted by atomic mass is 9.87. The highest BCUT2D eigenvalue weighted by molar-refractivity contribution is 5.81. The van der Waals surface area contributed by atoms with Gasteiger partial charge in [-0.05, 0) is 47.4 Å². The molecular weight excluding hydrogens is 333 g/mol. The van der Waals surface area contributed by atoms with Gasteiger partial charge in [0.15, 0.2) is 6.04 Å². The number of carbonyl (C=O) groups is 1. The molecule has 1 aromatic carbocycles. The van der Waals surface area contributed by atoms with Crippen molar-refractivity contribution < 1.29 is 14.3 Å². The van der Waals surface area contributed by atoms with E-state index in [1.807, 2.05) is 32.9 Å². The minimum Gasteiger partial charge on any atom is -0.480 e. The minimum atomic E-state index is -0.952. The molecule has 0 amide bonds. The van der Waals surface area contributed by atoms with Crippen LogP contribution in [0.3, 0.4) is 0 Å². The van der Waals surface area contributed by atoms with Crippen LogP contribution in [-0.4, -0.2) is 25.8 Å². The van der Waals surface area contributed by atoms with Gasteiger partial charge in [0.05, 0.1) is 0 Å². The summed E-state index contributed by atoms with van der Waals surface area (Å²) in [6.07, 6.45) is 5.07. The quantitative estimate of drug-likeness (QED) is 0.754. The van der Waals surface area contributed by atoms with Gasteiger partial charge in [-0.1, -0.05) is 20.8 Å². The Hall–Kier alpha value is -3.02. The summed E-state index contributed by atoms with van der Waals surface area (Å²) in [5.41, 5.74) is 2.42. The summed E-state index contributed by atoms with van der Waals surface area (Å²) in [5, 5.41) is 14.3. The molecule has 3 rings (SSSR count). The minimum absolute atomic E-state index is 0.336. The number of carboxylic acids is 1. The van der Waals surface area contributed by atoms with Crippen LogP contribution >= 0.6 is 0 Å². The van der Waals surface area contributed by atoms with Gasteiger partial charge in [-0.25, -0.2) is 9.18 Å². The van der Waals surface area contributed by atoms with Gasteiger partial charge in [-0.15, -0.1) is 0 Å². The number of aliphatic carboxylic acids is 1. The van der Waals surface area contributed by atoms with E-state index in [1.165, 1.54) is 16.8 Å². The van der Waals surface area contributed by atoms with Crippen LogP contribution in [0.25, 0.3) is 22.4 Å². The second-order valence-corrected chi connectivity index (χ2v) is 7.22. The van der Waals surface area contributed by atoms with E-state index in [0.717, 1.165) is 16.7 Å². The molecule has 0 spiro atoms. The smallest absolute Gasteiger partial charge is 0.329 e. The average Bonchev–Trinajstić information content (AvgIpc) is 2.99. The van der Waals surface area contributed by atoms with Crippen LogP contribution in [0.4, 0.5) is 4.39 Å². The lowest BCUT2D eigenvalue weighted by Gasteiger charge is -2.27. The van der Waals surface area contributed by atoms with E-state index in [9.17, 15) is 14.3 Å². The molecule has 6 heteroatoms. The number of benzene rings is 1. The first-order chi connectivity index (χ1) is 12.3. The zero-order valence-corrected chi connectivity index (χ0v) is 14.8. The van der Waals surface area contributed by atoms with E-state index in [4.69, 9.17) is 0 Å². The molecule has 5 nitrogen and oxygen atoms in total. The summed E-state index contributed by atoms with van der Waals surface area (Å²) >= 11 is 0. The van der Waals surface area contributed by atoms with E-state index in [2.05, 4.69) is 10.1 Å². The molecule has 134 valence electrons. The van der Waals surface area contributed by atoms with Crippen molar-refractivity contribution in [2.75, 3.05) is 0 Å². The van der Waals surface area contributed by atoms with E-state index in [-0.39, 0.29) is 5.82 Å². The molecule has 0 radical (unpaired) electrons. The van der Waals surface area contributed by atoms with Crippen LogP contribution in [-0.2, 0) is 4.79 Å². The van der Waals surface area contributed by atoms with Crippen molar-refractivity contribution >= 4 is 5.97 Å². The average molecular weight is 353 g/mol. The number of aromatic nitrogens is 3. The van der Waals surface area contributed by atoms with Gasteiger partial charge in [0.2, 0.25) is 0 Å². The van der Waals surface area contributed by atoms with Crippen molar-refractivity contribution in [3.8, 4) is 22.4 Å². The van der Waals surface area contributed by atoms with E-state index >= 15 is 0 Å². The number of rotatable bonds is 4. The maximum Gasteiger partial charge on any atom is 0.329 e. The fourth-order valence-electron chi connectivity index (χ4n) is 2.97. The van der Waals surface area contributed by atoms with Crippen LogP contribution in [0.15, 0.2) is 55.0 Å². The first-order valence-electron chi connectivity index (χ1n) is 8.25. The molecular formula is C20H20FN3O2. The summed E-state index contributed by atoms with van der Waals surface area (Å²) in [5.74, 6) is -1.29. The Morgan fingerprint density at radius 3 is 2.23 bits per heavy atom. The number of hydrogen-bond donors (Lipinski definition) is 1. The Kier molecular flexibility index (Phi) is 4.59. The Balaban J connectivity index is 2.20. The Labute approximate surface area is 151 Å². The highest BCUT2D eigenvalue weighted by atomic mass is 19.1. The summed E-state index contributed by atoms with van der Waals surface area (Å²) < 4.78 is 14.8. The van der Waals surface area contributed by atoms with E-state index in [1.54, 1.807) is 30.7 Å². The molecule has 1 N–H and O–H groups in total. The predicted molar refractivity (Wildman–Crippen MR) is 97.0 cm³/mol. The van der Waals surface area contributed by atoms with Gasteiger partial charge in [0, 0.05) is 29.7 Å². The van der Waals surface area contributed by atoms with Crippen molar-refractivity contribution in [1.29, 1.82) is 0 Å². The topological polar surface area (TPSA) is 68.0 Å². The van der Waals surface area contributed by atoms with Gasteiger partial charge >= 0.3 is 5.97 Å². The van der Waals surface area contributed by atoms with Gasteiger partial charge in [-0.3, -0.25) is 9.67 Å². The molecule has 0 bridgehead atoms. The van der Waals surface area contributed by atoms with Crippen LogP contribution in [0.5, 0.6) is 0 Å². The van der Waals surface area contributed by atoms with Gasteiger partial charge < -0.3 is 5.11 Å². The second kappa shape index (κ2) is 6.71. The van der Waals surface area contributed by atoms with Crippen molar-refractivity contribution in [1.82, 2.24) is 14.8 Å². The molecule has 2 aromatic heterocycles. The molecule has 26 heavy (non-hydrogen) atoms. The third-order valence-electron chi connectivity index (χ3n) is 4.16. The number of halogens is 1. The van der Waals surface area contributed by atoms with Crippen molar-refractivity contribution in [2.24, 2.45) is 5.41 Å². The lowest BCUT2D eigenvalue weighted by molar-refractivity contribution is -0.144. The molecule has 0 aliphatic carbocycles. The maximum atomic E-state index is 13.3. The number of carboxylic acid groups (broad SMARTS) is 1. The molecule has 0 fully saturated rings. The SMILES string of the molecule is CC(C)(C)C(C(=O)O)n1cc(-c2ccncc2)c(-c2ccc(F)cc2)n1. The first-order valence-corrected chi connectivity index (χ1v) is 8.25. The Morgan fingerprint density at radius 1 is 1.08 bits per heavy atom. The molecule has 0 saturated carbocycles. The maximum absolute atomic E-state index is 13.3. The number of nitrogens with zero attached hydrogens (tertiary/aromatic N) is 3. The van der Waals surface area contributed by atoms with Crippen molar-refractivity contribution in [3.63, 3.8) is 0 Å². The molecule has 0 aliphatic rings. The third-order valence-corrected chi connectivity index (χ3v) is 4.16. The Morgan fingerprint density at radius 2 is 1.69 bits per heavy atom. The van der Waals surface area contributed by atoms with Crippen LogP contribution in [0.1, 0.15) is 26.8 Å². The van der Waals surface area contributed by atoms with Crippen LogP contribution in [0.2, 0.25) is 0 Å². The highest BCUT2D eigenvalue weighted by Crippen LogP contribution is 2.36. The summed E-state index contributed by atoms with van der Waals surface area (Å²) in [6.45, 7) is 5.57. The van der Waals surface area contributed by atoms with Gasteiger partial charge in [0.25, 0.3) is 0 Å². The molecule has 3 aromatic rings. The largest absolute Gasteiger partial charge is 0.480 e. The van der Waals surface area contributed by atoms with E-state index in [0.29, 0.717) is 5.69 Å². The summed E-state index contributed by atoms with van der Waals surface area (Å²) in [4.78, 5) is 15.9. The molecule has 0 aliphatic heterocycles. The van der Waals surface area contributed by atoms with Crippen LogP contribution in [0, 0.1) is 11.2 Å². The normalized spacial score (nSPS) is 12.8. The third kappa shape index (κ3) is 3.49. The first kappa shape index (κ1) is 17.8. The van der Waals surface area contributed by atoms with Crippen molar-refractivity contribution in [3.05, 3.63) is 60.8 Å². The number of hydrogen-bond acceptors (Lipinski definition) is 3. The predicted octanol–water partition coefficient (Wildman–Crippen LogP) is 4.42. The monoisotopic (exact) mass is 353 g/mol. The summed E-state index contributed by atoms with van der Waals surface area (Å²) in [6, 6.07) is 8.84. The van der Waals surface area contributed by atoms with Crippen LogP contribution < -0.4 is 0 Å². The second-order valence-electron chi connectivity index (χ2n) is 7.22. The fourth-order valence-corrected chi connectivity index (χ4v) is 2.97. The lowest BCUT2D eigenvalue weighted by Crippen LogP contribution is -2.31. The van der Waals surface area contributed by atoms with Crippen molar-refractivity contribution in [2.45, 2.75) is 26.8 Å². The molecule has 2 heterocycles. The zero-order valence-electron chi connectivity index (χ0n) is 14.8. The zero-order chi connectivity index (χ0) is 18.9. The Bertz CT molecular complexity index is 912.